The molecule has 2 aliphatic carbocycles. The first-order chi connectivity index (χ1) is 14.3. The van der Waals surface area contributed by atoms with E-state index in [1.807, 2.05) is 6.92 Å². The van der Waals surface area contributed by atoms with E-state index < -0.39 is 40.7 Å². The predicted molar refractivity (Wildman–Crippen MR) is 101 cm³/mol. The second-order valence-electron chi connectivity index (χ2n) is 9.49. The van der Waals surface area contributed by atoms with Crippen molar-refractivity contribution in [2.45, 2.75) is 63.4 Å². The first-order valence-corrected chi connectivity index (χ1v) is 10.6. The van der Waals surface area contributed by atoms with Crippen LogP contribution in [-0.2, 0) is 23.8 Å². The minimum atomic E-state index is -1.06. The molecule has 0 amide bonds. The molecule has 2 N–H and O–H groups in total. The summed E-state index contributed by atoms with van der Waals surface area (Å²) >= 11 is 0. The lowest BCUT2D eigenvalue weighted by atomic mass is 9.42. The first-order valence-electron chi connectivity index (χ1n) is 10.6. The fourth-order valence-corrected chi connectivity index (χ4v) is 6.83. The van der Waals surface area contributed by atoms with Crippen LogP contribution in [0.15, 0.2) is 23.0 Å². The number of rotatable bonds is 3. The van der Waals surface area contributed by atoms with Crippen LogP contribution < -0.4 is 0 Å². The molecule has 8 atom stereocenters. The number of carbonyl (C=O) groups excluding carboxylic acids is 2. The Morgan fingerprint density at radius 3 is 2.70 bits per heavy atom. The smallest absolute Gasteiger partial charge is 0.313 e. The van der Waals surface area contributed by atoms with E-state index in [1.54, 1.807) is 18.6 Å². The molecule has 8 heteroatoms. The summed E-state index contributed by atoms with van der Waals surface area (Å²) < 4.78 is 22.3. The Morgan fingerprint density at radius 1 is 1.30 bits per heavy atom. The zero-order chi connectivity index (χ0) is 21.3. The van der Waals surface area contributed by atoms with E-state index in [9.17, 15) is 19.8 Å². The van der Waals surface area contributed by atoms with E-state index in [0.29, 0.717) is 25.7 Å². The SMILES string of the molecule is CC(=O)OC[C@@]12C(CC[C@H](O)[C@]13CO3)[C@@]1(C[C@@H](c3ccoc3)OC1=O)[C@H](C)C[C@H]2O. The highest BCUT2D eigenvalue weighted by Gasteiger charge is 2.79. The highest BCUT2D eigenvalue weighted by molar-refractivity contribution is 5.81. The fraction of sp³-hybridized carbons (Fsp3) is 0.727. The van der Waals surface area contributed by atoms with Gasteiger partial charge < -0.3 is 28.8 Å². The third kappa shape index (κ3) is 2.38. The molecule has 4 fully saturated rings. The van der Waals surface area contributed by atoms with Gasteiger partial charge in [0.25, 0.3) is 0 Å². The van der Waals surface area contributed by atoms with Gasteiger partial charge in [0.1, 0.15) is 18.3 Å². The molecule has 2 saturated carbocycles. The number of cyclic esters (lactones) is 1. The fourth-order valence-electron chi connectivity index (χ4n) is 6.83. The van der Waals surface area contributed by atoms with Crippen LogP contribution in [0, 0.1) is 22.7 Å². The maximum Gasteiger partial charge on any atom is 0.313 e. The van der Waals surface area contributed by atoms with Crippen LogP contribution in [0.4, 0.5) is 0 Å². The molecule has 0 radical (unpaired) electrons. The molecule has 164 valence electrons. The predicted octanol–water partition coefficient (Wildman–Crippen LogP) is 1.74. The Morgan fingerprint density at radius 2 is 2.07 bits per heavy atom. The van der Waals surface area contributed by atoms with Crippen LogP contribution in [0.25, 0.3) is 0 Å². The molecule has 30 heavy (non-hydrogen) atoms. The van der Waals surface area contributed by atoms with Gasteiger partial charge in [-0.3, -0.25) is 9.59 Å². The Bertz CT molecular complexity index is 845. The van der Waals surface area contributed by atoms with Gasteiger partial charge in [0.15, 0.2) is 0 Å². The number of ether oxygens (including phenoxy) is 3. The topological polar surface area (TPSA) is 119 Å². The van der Waals surface area contributed by atoms with Gasteiger partial charge >= 0.3 is 11.9 Å². The molecule has 1 aromatic rings. The van der Waals surface area contributed by atoms with Crippen molar-refractivity contribution in [3.63, 3.8) is 0 Å². The van der Waals surface area contributed by atoms with Crippen molar-refractivity contribution in [1.82, 2.24) is 0 Å². The summed E-state index contributed by atoms with van der Waals surface area (Å²) in [6, 6.07) is 1.79. The average Bonchev–Trinajstić information content (AvgIpc) is 3.16. The number of hydrogen-bond acceptors (Lipinski definition) is 8. The summed E-state index contributed by atoms with van der Waals surface area (Å²) in [7, 11) is 0. The minimum Gasteiger partial charge on any atom is -0.472 e. The van der Waals surface area contributed by atoms with Crippen molar-refractivity contribution in [3.8, 4) is 0 Å². The molecular formula is C22H28O8. The molecule has 0 aromatic carbocycles. The number of furan rings is 1. The van der Waals surface area contributed by atoms with Gasteiger partial charge in [-0.15, -0.1) is 0 Å². The van der Waals surface area contributed by atoms with Crippen molar-refractivity contribution >= 4 is 11.9 Å². The van der Waals surface area contributed by atoms with Gasteiger partial charge in [0.2, 0.25) is 0 Å². The summed E-state index contributed by atoms with van der Waals surface area (Å²) in [5.74, 6) is -1.25. The van der Waals surface area contributed by atoms with Gasteiger partial charge in [-0.1, -0.05) is 6.92 Å². The van der Waals surface area contributed by atoms with Crippen molar-refractivity contribution in [1.29, 1.82) is 0 Å². The summed E-state index contributed by atoms with van der Waals surface area (Å²) in [4.78, 5) is 25.2. The number of aliphatic hydroxyl groups excluding tert-OH is 2. The molecular weight excluding hydrogens is 392 g/mol. The van der Waals surface area contributed by atoms with Crippen LogP contribution in [0.2, 0.25) is 0 Å². The average molecular weight is 420 g/mol. The van der Waals surface area contributed by atoms with E-state index >= 15 is 0 Å². The van der Waals surface area contributed by atoms with Gasteiger partial charge in [-0.25, -0.2) is 0 Å². The maximum absolute atomic E-state index is 13.5. The molecule has 0 bridgehead atoms. The van der Waals surface area contributed by atoms with Crippen LogP contribution in [0.5, 0.6) is 0 Å². The van der Waals surface area contributed by atoms with Crippen LogP contribution in [0.1, 0.15) is 51.2 Å². The van der Waals surface area contributed by atoms with E-state index in [-0.39, 0.29) is 31.0 Å². The quantitative estimate of drug-likeness (QED) is 0.561. The molecule has 8 nitrogen and oxygen atoms in total. The molecule has 1 aromatic heterocycles. The van der Waals surface area contributed by atoms with E-state index in [2.05, 4.69) is 0 Å². The third-order valence-corrected chi connectivity index (χ3v) is 8.39. The molecule has 3 heterocycles. The normalized spacial score (nSPS) is 47.2. The lowest BCUT2D eigenvalue weighted by Crippen LogP contribution is -2.70. The molecule has 5 rings (SSSR count). The van der Waals surface area contributed by atoms with Crippen molar-refractivity contribution in [2.75, 3.05) is 13.2 Å². The van der Waals surface area contributed by atoms with Crippen LogP contribution >= 0.6 is 0 Å². The summed E-state index contributed by atoms with van der Waals surface area (Å²) in [6.45, 7) is 3.47. The monoisotopic (exact) mass is 420 g/mol. The van der Waals surface area contributed by atoms with Crippen molar-refractivity contribution in [2.24, 2.45) is 22.7 Å². The Hall–Kier alpha value is -1.90. The molecule has 2 aliphatic heterocycles. The standard InChI is InChI=1S/C22H28O8/c1-12-7-18(25)21(10-28-13(2)23)16(3-4-17(24)22(21)11-29-22)20(12)8-15(30-19(20)26)14-5-6-27-9-14/h5-6,9,12,15-18,24-25H,3-4,7-8,10-11H2,1-2H3/t12-,15+,16?,17+,18-,20-,21+,22-/m1/s1. The van der Waals surface area contributed by atoms with E-state index in [0.717, 1.165) is 5.56 Å². The van der Waals surface area contributed by atoms with Gasteiger partial charge in [0.05, 0.1) is 42.2 Å². The van der Waals surface area contributed by atoms with Crippen molar-refractivity contribution in [3.05, 3.63) is 24.2 Å². The zero-order valence-electron chi connectivity index (χ0n) is 17.2. The second kappa shape index (κ2) is 6.55. The van der Waals surface area contributed by atoms with E-state index in [1.165, 1.54) is 6.92 Å². The molecule has 2 spiro atoms. The number of epoxide rings is 1. The molecule has 4 aliphatic rings. The summed E-state index contributed by atoms with van der Waals surface area (Å²) in [6.07, 6.45) is 2.81. The van der Waals surface area contributed by atoms with Crippen LogP contribution in [0.3, 0.4) is 0 Å². The number of esters is 2. The highest BCUT2D eigenvalue weighted by Crippen LogP contribution is 2.70. The lowest BCUT2D eigenvalue weighted by Gasteiger charge is -2.61. The highest BCUT2D eigenvalue weighted by atomic mass is 16.6. The number of fused-ring (bicyclic) bond motifs is 3. The molecule has 2 saturated heterocycles. The first kappa shape index (κ1) is 20.0. The van der Waals surface area contributed by atoms with Gasteiger partial charge in [0, 0.05) is 18.9 Å². The summed E-state index contributed by atoms with van der Waals surface area (Å²) in [5, 5.41) is 22.2. The number of carbonyl (C=O) groups is 2. The Labute approximate surface area is 174 Å². The Balaban J connectivity index is 1.61. The maximum atomic E-state index is 13.5. The third-order valence-electron chi connectivity index (χ3n) is 8.39. The number of hydrogen-bond donors (Lipinski definition) is 2. The largest absolute Gasteiger partial charge is 0.472 e. The van der Waals surface area contributed by atoms with Gasteiger partial charge in [-0.05, 0) is 37.2 Å². The Kier molecular flexibility index (Phi) is 4.37. The summed E-state index contributed by atoms with van der Waals surface area (Å²) in [5.41, 5.74) is -2.13. The lowest BCUT2D eigenvalue weighted by molar-refractivity contribution is -0.237. The molecule has 1 unspecified atom stereocenters. The van der Waals surface area contributed by atoms with E-state index in [4.69, 9.17) is 18.6 Å². The minimum absolute atomic E-state index is 0.0939. The van der Waals surface area contributed by atoms with Crippen LogP contribution in [-0.4, -0.2) is 53.2 Å². The van der Waals surface area contributed by atoms with Gasteiger partial charge in [-0.2, -0.15) is 0 Å². The zero-order valence-corrected chi connectivity index (χ0v) is 17.2. The number of aliphatic hydroxyl groups is 2. The van der Waals surface area contributed by atoms with Crippen molar-refractivity contribution < 1.29 is 38.4 Å². The second-order valence-corrected chi connectivity index (χ2v) is 9.49.